The normalized spacial score (nSPS) is 13.8. The number of fused-ring (bicyclic) bond motifs is 3. The van der Waals surface area contributed by atoms with E-state index in [1.807, 2.05) is 6.20 Å². The van der Waals surface area contributed by atoms with Crippen molar-refractivity contribution in [2.24, 2.45) is 0 Å². The summed E-state index contributed by atoms with van der Waals surface area (Å²) in [5, 5.41) is 7.35. The van der Waals surface area contributed by atoms with Gasteiger partial charge in [0.05, 0.1) is 5.69 Å². The van der Waals surface area contributed by atoms with Crippen LogP contribution in [0.1, 0.15) is 30.9 Å². The first-order valence-electron chi connectivity index (χ1n) is 6.05. The molecule has 3 rings (SSSR count). The molecule has 0 fully saturated rings. The number of rotatable bonds is 1. The maximum absolute atomic E-state index is 4.38. The summed E-state index contributed by atoms with van der Waals surface area (Å²) in [6.07, 6.45) is 2.00. The summed E-state index contributed by atoms with van der Waals surface area (Å²) in [5.74, 6) is 0.535. The summed E-state index contributed by atoms with van der Waals surface area (Å²) in [6.45, 7) is 5.41. The number of nitrogens with zero attached hydrogens (tertiary/aromatic N) is 2. The van der Waals surface area contributed by atoms with Crippen LogP contribution in [-0.4, -0.2) is 17.2 Å². The van der Waals surface area contributed by atoms with Crippen LogP contribution in [0.5, 0.6) is 0 Å². The van der Waals surface area contributed by atoms with Gasteiger partial charge in [0, 0.05) is 36.6 Å². The van der Waals surface area contributed by atoms with Crippen LogP contribution < -0.4 is 4.90 Å². The summed E-state index contributed by atoms with van der Waals surface area (Å²) < 4.78 is 0. The van der Waals surface area contributed by atoms with Crippen molar-refractivity contribution < 1.29 is 0 Å². The van der Waals surface area contributed by atoms with E-state index in [1.54, 1.807) is 0 Å². The average molecular weight is 227 g/mol. The van der Waals surface area contributed by atoms with Crippen molar-refractivity contribution >= 4 is 5.69 Å². The van der Waals surface area contributed by atoms with Gasteiger partial charge in [-0.05, 0) is 11.5 Å². The second-order valence-corrected chi connectivity index (χ2v) is 5.01. The van der Waals surface area contributed by atoms with Gasteiger partial charge >= 0.3 is 0 Å². The molecule has 1 aromatic heterocycles. The van der Waals surface area contributed by atoms with Crippen molar-refractivity contribution in [2.75, 3.05) is 11.9 Å². The minimum Gasteiger partial charge on any atom is -0.369 e. The minimum atomic E-state index is 0.535. The van der Waals surface area contributed by atoms with Crippen molar-refractivity contribution in [3.8, 4) is 11.3 Å². The Balaban J connectivity index is 2.28. The maximum atomic E-state index is 4.38. The lowest BCUT2D eigenvalue weighted by atomic mass is 9.92. The van der Waals surface area contributed by atoms with Gasteiger partial charge in [0.1, 0.15) is 0 Å². The molecule has 0 atom stereocenters. The lowest BCUT2D eigenvalue weighted by Gasteiger charge is -2.30. The van der Waals surface area contributed by atoms with E-state index in [1.165, 1.54) is 22.4 Å². The molecule has 2 aromatic rings. The molecular formula is C14H17N3. The highest BCUT2D eigenvalue weighted by molar-refractivity contribution is 5.83. The molecule has 3 heteroatoms. The standard InChI is InChI=1S/C14H17N3/c1-9(2)11-5-4-6-12-13-10(7-15-16-13)8-17(3)14(11)12/h4-7,9H,8H2,1-3H3,(H,15,16). The molecular weight excluding hydrogens is 210 g/mol. The van der Waals surface area contributed by atoms with Crippen molar-refractivity contribution in [3.05, 3.63) is 35.5 Å². The Morgan fingerprint density at radius 2 is 2.18 bits per heavy atom. The molecule has 1 aliphatic heterocycles. The largest absolute Gasteiger partial charge is 0.369 e. The van der Waals surface area contributed by atoms with Crippen molar-refractivity contribution in [1.29, 1.82) is 0 Å². The van der Waals surface area contributed by atoms with Crippen LogP contribution in [0.3, 0.4) is 0 Å². The number of anilines is 1. The fraction of sp³-hybridized carbons (Fsp3) is 0.357. The van der Waals surface area contributed by atoms with Gasteiger partial charge in [-0.2, -0.15) is 5.10 Å². The Bertz CT molecular complexity index is 554. The van der Waals surface area contributed by atoms with E-state index < -0.39 is 0 Å². The molecule has 1 N–H and O–H groups in total. The molecule has 0 unspecified atom stereocenters. The summed E-state index contributed by atoms with van der Waals surface area (Å²) in [4.78, 5) is 2.32. The Hall–Kier alpha value is -1.77. The van der Waals surface area contributed by atoms with E-state index in [0.29, 0.717) is 5.92 Å². The fourth-order valence-electron chi connectivity index (χ4n) is 2.65. The van der Waals surface area contributed by atoms with E-state index in [2.05, 4.69) is 54.2 Å². The van der Waals surface area contributed by atoms with Crippen LogP contribution in [0, 0.1) is 0 Å². The first kappa shape index (κ1) is 10.4. The van der Waals surface area contributed by atoms with Gasteiger partial charge in [0.15, 0.2) is 0 Å². The lowest BCUT2D eigenvalue weighted by Crippen LogP contribution is -2.22. The van der Waals surface area contributed by atoms with E-state index in [-0.39, 0.29) is 0 Å². The van der Waals surface area contributed by atoms with Gasteiger partial charge in [-0.25, -0.2) is 0 Å². The molecule has 0 aliphatic carbocycles. The third-order valence-electron chi connectivity index (χ3n) is 3.45. The SMILES string of the molecule is CC(C)c1cccc2c1N(C)Cc1c[nH]nc1-2. The summed E-state index contributed by atoms with van der Waals surface area (Å²) in [5.41, 5.74) is 6.38. The van der Waals surface area contributed by atoms with E-state index in [4.69, 9.17) is 0 Å². The number of nitrogens with one attached hydrogen (secondary N) is 1. The topological polar surface area (TPSA) is 31.9 Å². The van der Waals surface area contributed by atoms with Gasteiger partial charge in [-0.3, -0.25) is 5.10 Å². The molecule has 0 saturated heterocycles. The molecule has 88 valence electrons. The van der Waals surface area contributed by atoms with Crippen LogP contribution in [0.15, 0.2) is 24.4 Å². The number of H-pyrrole nitrogens is 1. The number of hydrogen-bond donors (Lipinski definition) is 1. The Morgan fingerprint density at radius 1 is 1.35 bits per heavy atom. The summed E-state index contributed by atoms with van der Waals surface area (Å²) in [7, 11) is 2.15. The van der Waals surface area contributed by atoms with E-state index in [0.717, 1.165) is 12.2 Å². The highest BCUT2D eigenvalue weighted by Gasteiger charge is 2.24. The highest BCUT2D eigenvalue weighted by Crippen LogP contribution is 2.41. The van der Waals surface area contributed by atoms with Crippen molar-refractivity contribution in [1.82, 2.24) is 10.2 Å². The van der Waals surface area contributed by atoms with Crippen molar-refractivity contribution in [3.63, 3.8) is 0 Å². The van der Waals surface area contributed by atoms with Gasteiger partial charge in [0.25, 0.3) is 0 Å². The zero-order chi connectivity index (χ0) is 12.0. The number of benzene rings is 1. The molecule has 3 nitrogen and oxygen atoms in total. The molecule has 17 heavy (non-hydrogen) atoms. The molecule has 0 bridgehead atoms. The summed E-state index contributed by atoms with van der Waals surface area (Å²) in [6, 6.07) is 6.51. The fourth-order valence-corrected chi connectivity index (χ4v) is 2.65. The Kier molecular flexibility index (Phi) is 2.21. The second-order valence-electron chi connectivity index (χ2n) is 5.01. The smallest absolute Gasteiger partial charge is 0.0991 e. The molecule has 0 radical (unpaired) electrons. The van der Waals surface area contributed by atoms with Crippen LogP contribution in [0.2, 0.25) is 0 Å². The minimum absolute atomic E-state index is 0.535. The van der Waals surface area contributed by atoms with E-state index >= 15 is 0 Å². The Morgan fingerprint density at radius 3 is 2.94 bits per heavy atom. The third-order valence-corrected chi connectivity index (χ3v) is 3.45. The van der Waals surface area contributed by atoms with E-state index in [9.17, 15) is 0 Å². The van der Waals surface area contributed by atoms with Crippen LogP contribution in [-0.2, 0) is 6.54 Å². The van der Waals surface area contributed by atoms with Crippen LogP contribution in [0.25, 0.3) is 11.3 Å². The zero-order valence-corrected chi connectivity index (χ0v) is 10.5. The molecule has 1 aliphatic rings. The van der Waals surface area contributed by atoms with Crippen molar-refractivity contribution in [2.45, 2.75) is 26.3 Å². The first-order valence-corrected chi connectivity index (χ1v) is 6.05. The lowest BCUT2D eigenvalue weighted by molar-refractivity contribution is 0.832. The second kappa shape index (κ2) is 3.62. The van der Waals surface area contributed by atoms with Crippen LogP contribution in [0.4, 0.5) is 5.69 Å². The predicted molar refractivity (Wildman–Crippen MR) is 70.2 cm³/mol. The summed E-state index contributed by atoms with van der Waals surface area (Å²) >= 11 is 0. The monoisotopic (exact) mass is 227 g/mol. The van der Waals surface area contributed by atoms with Gasteiger partial charge in [-0.1, -0.05) is 32.0 Å². The first-order chi connectivity index (χ1) is 8.18. The number of para-hydroxylation sites is 1. The molecule has 0 saturated carbocycles. The maximum Gasteiger partial charge on any atom is 0.0991 e. The average Bonchev–Trinajstić information content (AvgIpc) is 2.76. The molecule has 2 heterocycles. The quantitative estimate of drug-likeness (QED) is 0.811. The molecule has 0 spiro atoms. The third kappa shape index (κ3) is 1.46. The van der Waals surface area contributed by atoms with Gasteiger partial charge in [-0.15, -0.1) is 0 Å². The molecule has 1 aromatic carbocycles. The Labute approximate surface area is 101 Å². The highest BCUT2D eigenvalue weighted by atomic mass is 15.2. The predicted octanol–water partition coefficient (Wildman–Crippen LogP) is 3.15. The molecule has 0 amide bonds. The van der Waals surface area contributed by atoms with Crippen LogP contribution >= 0.6 is 0 Å². The van der Waals surface area contributed by atoms with Gasteiger partial charge < -0.3 is 4.90 Å². The number of hydrogen-bond acceptors (Lipinski definition) is 2. The zero-order valence-electron chi connectivity index (χ0n) is 10.5. The van der Waals surface area contributed by atoms with Gasteiger partial charge in [0.2, 0.25) is 0 Å². The number of aromatic nitrogens is 2. The number of aromatic amines is 1.